The van der Waals surface area contributed by atoms with Crippen molar-refractivity contribution >= 4 is 0 Å². The third-order valence-electron chi connectivity index (χ3n) is 2.70. The quantitative estimate of drug-likeness (QED) is 0.735. The van der Waals surface area contributed by atoms with Crippen molar-refractivity contribution in [1.82, 2.24) is 0 Å². The standard InChI is InChI=1S/C15H13N/c1-2-13-7-3-4-9-15(13)14-8-5-6-12(10-14)11-16/h3-10H,2H2,1H3. The highest BCUT2D eigenvalue weighted by Gasteiger charge is 2.03. The minimum absolute atomic E-state index is 0.711. The van der Waals surface area contributed by atoms with Gasteiger partial charge in [-0.25, -0.2) is 0 Å². The van der Waals surface area contributed by atoms with Crippen molar-refractivity contribution in [2.45, 2.75) is 13.3 Å². The fourth-order valence-electron chi connectivity index (χ4n) is 1.87. The summed E-state index contributed by atoms with van der Waals surface area (Å²) in [5.74, 6) is 0. The number of nitriles is 1. The van der Waals surface area contributed by atoms with Crippen LogP contribution in [0.3, 0.4) is 0 Å². The first-order valence-electron chi connectivity index (χ1n) is 5.43. The normalized spacial score (nSPS) is 9.75. The third-order valence-corrected chi connectivity index (χ3v) is 2.70. The maximum atomic E-state index is 8.89. The van der Waals surface area contributed by atoms with Gasteiger partial charge < -0.3 is 0 Å². The molecule has 16 heavy (non-hydrogen) atoms. The van der Waals surface area contributed by atoms with Gasteiger partial charge in [-0.1, -0.05) is 43.3 Å². The van der Waals surface area contributed by atoms with E-state index >= 15 is 0 Å². The fraction of sp³-hybridized carbons (Fsp3) is 0.133. The lowest BCUT2D eigenvalue weighted by atomic mass is 9.97. The Morgan fingerprint density at radius 3 is 2.62 bits per heavy atom. The zero-order chi connectivity index (χ0) is 11.4. The molecule has 2 aromatic carbocycles. The monoisotopic (exact) mass is 207 g/mol. The lowest BCUT2D eigenvalue weighted by molar-refractivity contribution is 1.14. The summed E-state index contributed by atoms with van der Waals surface area (Å²) in [6.45, 7) is 2.15. The molecule has 0 fully saturated rings. The van der Waals surface area contributed by atoms with Gasteiger partial charge in [0, 0.05) is 0 Å². The highest BCUT2D eigenvalue weighted by Crippen LogP contribution is 2.24. The van der Waals surface area contributed by atoms with Gasteiger partial charge in [0.1, 0.15) is 0 Å². The van der Waals surface area contributed by atoms with Crippen LogP contribution in [0.5, 0.6) is 0 Å². The molecule has 0 bridgehead atoms. The van der Waals surface area contributed by atoms with Crippen molar-refractivity contribution in [3.05, 3.63) is 59.7 Å². The van der Waals surface area contributed by atoms with Gasteiger partial charge >= 0.3 is 0 Å². The number of aryl methyl sites for hydroxylation is 1. The molecule has 0 aromatic heterocycles. The van der Waals surface area contributed by atoms with Crippen LogP contribution in [0.2, 0.25) is 0 Å². The highest BCUT2D eigenvalue weighted by atomic mass is 14.2. The molecule has 0 aliphatic heterocycles. The van der Waals surface area contributed by atoms with Crippen LogP contribution in [-0.2, 0) is 6.42 Å². The van der Waals surface area contributed by atoms with Gasteiger partial charge in [-0.2, -0.15) is 5.26 Å². The molecule has 0 aliphatic carbocycles. The minimum Gasteiger partial charge on any atom is -0.192 e. The molecule has 0 spiro atoms. The Morgan fingerprint density at radius 2 is 1.88 bits per heavy atom. The van der Waals surface area contributed by atoms with Gasteiger partial charge in [-0.15, -0.1) is 0 Å². The van der Waals surface area contributed by atoms with E-state index < -0.39 is 0 Å². The van der Waals surface area contributed by atoms with Crippen LogP contribution >= 0.6 is 0 Å². The summed E-state index contributed by atoms with van der Waals surface area (Å²) in [6, 6.07) is 18.3. The van der Waals surface area contributed by atoms with Crippen LogP contribution in [-0.4, -0.2) is 0 Å². The molecule has 0 N–H and O–H groups in total. The SMILES string of the molecule is CCc1ccccc1-c1cccc(C#N)c1. The summed E-state index contributed by atoms with van der Waals surface area (Å²) in [5.41, 5.74) is 4.37. The highest BCUT2D eigenvalue weighted by molar-refractivity contribution is 5.68. The van der Waals surface area contributed by atoms with Crippen molar-refractivity contribution in [3.8, 4) is 17.2 Å². The Morgan fingerprint density at radius 1 is 1.06 bits per heavy atom. The molecule has 0 aliphatic rings. The minimum atomic E-state index is 0.711. The van der Waals surface area contributed by atoms with E-state index in [2.05, 4.69) is 37.3 Å². The first-order chi connectivity index (χ1) is 7.85. The molecule has 2 rings (SSSR count). The van der Waals surface area contributed by atoms with Gasteiger partial charge in [0.25, 0.3) is 0 Å². The van der Waals surface area contributed by atoms with E-state index in [0.29, 0.717) is 5.56 Å². The summed E-state index contributed by atoms with van der Waals surface area (Å²) < 4.78 is 0. The maximum absolute atomic E-state index is 8.89. The van der Waals surface area contributed by atoms with Crippen LogP contribution in [0.1, 0.15) is 18.1 Å². The zero-order valence-corrected chi connectivity index (χ0v) is 9.27. The van der Waals surface area contributed by atoms with E-state index in [1.807, 2.05) is 24.3 Å². The predicted molar refractivity (Wildman–Crippen MR) is 66.0 cm³/mol. The average molecular weight is 207 g/mol. The summed E-state index contributed by atoms with van der Waals surface area (Å²) in [4.78, 5) is 0. The van der Waals surface area contributed by atoms with Crippen molar-refractivity contribution in [2.24, 2.45) is 0 Å². The average Bonchev–Trinajstić information content (AvgIpc) is 2.38. The Labute approximate surface area is 96.0 Å². The molecule has 0 amide bonds. The fourth-order valence-corrected chi connectivity index (χ4v) is 1.87. The first-order valence-corrected chi connectivity index (χ1v) is 5.43. The Bertz CT molecular complexity index is 535. The smallest absolute Gasteiger partial charge is 0.0991 e. The van der Waals surface area contributed by atoms with Crippen LogP contribution in [0.4, 0.5) is 0 Å². The molecule has 0 atom stereocenters. The number of hydrogen-bond acceptors (Lipinski definition) is 1. The van der Waals surface area contributed by atoms with Gasteiger partial charge in [0.05, 0.1) is 11.6 Å². The molecule has 78 valence electrons. The molecule has 2 aromatic rings. The lowest BCUT2D eigenvalue weighted by Crippen LogP contribution is -1.87. The Hall–Kier alpha value is -2.07. The number of hydrogen-bond donors (Lipinski definition) is 0. The van der Waals surface area contributed by atoms with Gasteiger partial charge in [-0.3, -0.25) is 0 Å². The lowest BCUT2D eigenvalue weighted by Gasteiger charge is -2.07. The number of benzene rings is 2. The molecule has 1 nitrogen and oxygen atoms in total. The second-order valence-electron chi connectivity index (χ2n) is 3.70. The van der Waals surface area contributed by atoms with Gasteiger partial charge in [0.2, 0.25) is 0 Å². The molecule has 0 radical (unpaired) electrons. The van der Waals surface area contributed by atoms with Crippen molar-refractivity contribution in [1.29, 1.82) is 5.26 Å². The second-order valence-corrected chi connectivity index (χ2v) is 3.70. The third kappa shape index (κ3) is 1.97. The summed E-state index contributed by atoms with van der Waals surface area (Å²) in [5, 5.41) is 8.89. The first kappa shape index (κ1) is 10.4. The maximum Gasteiger partial charge on any atom is 0.0991 e. The largest absolute Gasteiger partial charge is 0.192 e. The molecule has 0 unspecified atom stereocenters. The van der Waals surface area contributed by atoms with E-state index in [0.717, 1.165) is 12.0 Å². The Balaban J connectivity index is 2.54. The summed E-state index contributed by atoms with van der Waals surface area (Å²) in [6.07, 6.45) is 1.01. The van der Waals surface area contributed by atoms with E-state index in [9.17, 15) is 0 Å². The van der Waals surface area contributed by atoms with E-state index in [-0.39, 0.29) is 0 Å². The van der Waals surface area contributed by atoms with E-state index in [1.54, 1.807) is 0 Å². The number of nitrogens with zero attached hydrogens (tertiary/aromatic N) is 1. The second kappa shape index (κ2) is 4.63. The predicted octanol–water partition coefficient (Wildman–Crippen LogP) is 3.79. The van der Waals surface area contributed by atoms with Gasteiger partial charge in [-0.05, 0) is 35.2 Å². The molecule has 0 heterocycles. The van der Waals surface area contributed by atoms with Crippen LogP contribution < -0.4 is 0 Å². The van der Waals surface area contributed by atoms with Gasteiger partial charge in [0.15, 0.2) is 0 Å². The van der Waals surface area contributed by atoms with Crippen molar-refractivity contribution in [2.75, 3.05) is 0 Å². The molecular weight excluding hydrogens is 194 g/mol. The Kier molecular flexibility index (Phi) is 3.03. The zero-order valence-electron chi connectivity index (χ0n) is 9.27. The van der Waals surface area contributed by atoms with Crippen LogP contribution in [0.25, 0.3) is 11.1 Å². The molecule has 0 saturated carbocycles. The molecule has 1 heteroatoms. The van der Waals surface area contributed by atoms with Crippen LogP contribution in [0, 0.1) is 11.3 Å². The topological polar surface area (TPSA) is 23.8 Å². The summed E-state index contributed by atoms with van der Waals surface area (Å²) >= 11 is 0. The van der Waals surface area contributed by atoms with Crippen LogP contribution in [0.15, 0.2) is 48.5 Å². The van der Waals surface area contributed by atoms with Crippen molar-refractivity contribution in [3.63, 3.8) is 0 Å². The molecular formula is C15H13N. The van der Waals surface area contributed by atoms with Crippen molar-refractivity contribution < 1.29 is 0 Å². The molecule has 0 saturated heterocycles. The summed E-state index contributed by atoms with van der Waals surface area (Å²) in [7, 11) is 0. The van der Waals surface area contributed by atoms with E-state index in [4.69, 9.17) is 5.26 Å². The van der Waals surface area contributed by atoms with E-state index in [1.165, 1.54) is 11.1 Å². The number of rotatable bonds is 2.